The zero-order valence-electron chi connectivity index (χ0n) is 13.7. The van der Waals surface area contributed by atoms with E-state index in [-0.39, 0.29) is 6.04 Å². The molecule has 0 aliphatic carbocycles. The summed E-state index contributed by atoms with van der Waals surface area (Å²) in [4.78, 5) is 0. The zero-order valence-corrected chi connectivity index (χ0v) is 14.5. The Balaban J connectivity index is 2.08. The average Bonchev–Trinajstić information content (AvgIpc) is 2.96. The van der Waals surface area contributed by atoms with Crippen molar-refractivity contribution in [3.8, 4) is 5.75 Å². The van der Waals surface area contributed by atoms with E-state index in [0.717, 1.165) is 5.39 Å². The Morgan fingerprint density at radius 1 is 1.39 bits per heavy atom. The van der Waals surface area contributed by atoms with Crippen molar-refractivity contribution < 1.29 is 13.9 Å². The van der Waals surface area contributed by atoms with Gasteiger partial charge in [0.15, 0.2) is 22.2 Å². The second-order valence-corrected chi connectivity index (χ2v) is 5.54. The first-order chi connectivity index (χ1) is 11.0. The highest BCUT2D eigenvalue weighted by Gasteiger charge is 2.11. The van der Waals surface area contributed by atoms with Crippen LogP contribution in [0.15, 0.2) is 33.8 Å². The van der Waals surface area contributed by atoms with Gasteiger partial charge in [-0.15, -0.1) is 0 Å². The molecule has 0 unspecified atom stereocenters. The molecule has 1 atom stereocenters. The number of hydrazone groups is 1. The number of ether oxygens (including phenoxy) is 2. The van der Waals surface area contributed by atoms with E-state index in [0.29, 0.717) is 34.5 Å². The highest BCUT2D eigenvalue weighted by Crippen LogP contribution is 2.28. The normalized spacial score (nSPS) is 13.0. The minimum Gasteiger partial charge on any atom is -0.493 e. The standard InChI is InChI=1S/C16H21N3O3S/c1-10(9-20-3)17-16(23)19-18-11(2)14-8-12-6-5-7-13(21-4)15(12)22-14/h5-8,10H,9H2,1-4H3,(H2,17,19,23)/b18-11-/t10-/m0/s1. The van der Waals surface area contributed by atoms with E-state index in [1.54, 1.807) is 14.2 Å². The lowest BCUT2D eigenvalue weighted by Crippen LogP contribution is -2.40. The van der Waals surface area contributed by atoms with Gasteiger partial charge in [0, 0.05) is 18.5 Å². The maximum Gasteiger partial charge on any atom is 0.187 e. The summed E-state index contributed by atoms with van der Waals surface area (Å²) in [6, 6.07) is 7.76. The Bertz CT molecular complexity index is 712. The van der Waals surface area contributed by atoms with Crippen LogP contribution in [0.4, 0.5) is 0 Å². The van der Waals surface area contributed by atoms with Gasteiger partial charge in [0.05, 0.1) is 13.7 Å². The topological polar surface area (TPSA) is 68.0 Å². The van der Waals surface area contributed by atoms with Crippen LogP contribution in [0, 0.1) is 0 Å². The van der Waals surface area contributed by atoms with Crippen molar-refractivity contribution >= 4 is 34.0 Å². The number of fused-ring (bicyclic) bond motifs is 1. The highest BCUT2D eigenvalue weighted by molar-refractivity contribution is 7.80. The van der Waals surface area contributed by atoms with Crippen molar-refractivity contribution in [1.82, 2.24) is 10.7 Å². The van der Waals surface area contributed by atoms with Gasteiger partial charge < -0.3 is 19.2 Å². The third-order valence-corrected chi connectivity index (χ3v) is 3.41. The van der Waals surface area contributed by atoms with E-state index in [9.17, 15) is 0 Å². The van der Waals surface area contributed by atoms with Crippen LogP contribution in [0.25, 0.3) is 11.0 Å². The van der Waals surface area contributed by atoms with Gasteiger partial charge in [-0.25, -0.2) is 0 Å². The van der Waals surface area contributed by atoms with Gasteiger partial charge >= 0.3 is 0 Å². The quantitative estimate of drug-likeness (QED) is 0.481. The van der Waals surface area contributed by atoms with Crippen molar-refractivity contribution in [1.29, 1.82) is 0 Å². The number of hydrogen-bond donors (Lipinski definition) is 2. The van der Waals surface area contributed by atoms with Crippen LogP contribution in [0.5, 0.6) is 5.75 Å². The lowest BCUT2D eigenvalue weighted by atomic mass is 10.2. The molecule has 6 nitrogen and oxygen atoms in total. The van der Waals surface area contributed by atoms with Crippen LogP contribution in [0.3, 0.4) is 0 Å². The molecule has 0 saturated carbocycles. The van der Waals surface area contributed by atoms with E-state index >= 15 is 0 Å². The molecule has 0 aliphatic rings. The number of nitrogens with one attached hydrogen (secondary N) is 2. The summed E-state index contributed by atoms with van der Waals surface area (Å²) in [5, 5.41) is 8.71. The number of nitrogens with zero attached hydrogens (tertiary/aromatic N) is 1. The van der Waals surface area contributed by atoms with Crippen molar-refractivity contribution in [3.63, 3.8) is 0 Å². The first kappa shape index (κ1) is 17.2. The SMILES string of the molecule is COC[C@H](C)NC(=S)N/N=C(/C)c1cc2cccc(OC)c2o1. The van der Waals surface area contributed by atoms with E-state index in [4.69, 9.17) is 26.1 Å². The molecule has 124 valence electrons. The first-order valence-corrected chi connectivity index (χ1v) is 7.62. The van der Waals surface area contributed by atoms with Crippen molar-refractivity contribution in [3.05, 3.63) is 30.0 Å². The van der Waals surface area contributed by atoms with E-state index in [2.05, 4.69) is 15.8 Å². The molecule has 1 heterocycles. The van der Waals surface area contributed by atoms with Gasteiger partial charge in [-0.1, -0.05) is 12.1 Å². The van der Waals surface area contributed by atoms with Crippen LogP contribution in [-0.4, -0.2) is 37.7 Å². The van der Waals surface area contributed by atoms with E-state index < -0.39 is 0 Å². The predicted molar refractivity (Wildman–Crippen MR) is 95.2 cm³/mol. The molecule has 0 fully saturated rings. The van der Waals surface area contributed by atoms with Crippen LogP contribution in [-0.2, 0) is 4.74 Å². The summed E-state index contributed by atoms with van der Waals surface area (Å²) >= 11 is 5.18. The van der Waals surface area contributed by atoms with E-state index in [1.807, 2.05) is 38.1 Å². The summed E-state index contributed by atoms with van der Waals surface area (Å²) in [5.74, 6) is 1.35. The van der Waals surface area contributed by atoms with Gasteiger partial charge in [-0.2, -0.15) is 5.10 Å². The highest BCUT2D eigenvalue weighted by atomic mass is 32.1. The minimum absolute atomic E-state index is 0.103. The largest absolute Gasteiger partial charge is 0.493 e. The van der Waals surface area contributed by atoms with Gasteiger partial charge in [-0.3, -0.25) is 5.43 Å². The molecule has 0 radical (unpaired) electrons. The number of furan rings is 1. The number of hydrogen-bond acceptors (Lipinski definition) is 5. The number of benzene rings is 1. The van der Waals surface area contributed by atoms with Gasteiger partial charge in [-0.05, 0) is 38.2 Å². The lowest BCUT2D eigenvalue weighted by molar-refractivity contribution is 0.179. The number of rotatable bonds is 6. The second-order valence-electron chi connectivity index (χ2n) is 5.13. The molecule has 7 heteroatoms. The van der Waals surface area contributed by atoms with Crippen LogP contribution in [0.2, 0.25) is 0 Å². The maximum atomic E-state index is 5.82. The molecular formula is C16H21N3O3S. The van der Waals surface area contributed by atoms with E-state index in [1.165, 1.54) is 0 Å². The molecule has 0 amide bonds. The maximum absolute atomic E-state index is 5.82. The van der Waals surface area contributed by atoms with Crippen molar-refractivity contribution in [2.45, 2.75) is 19.9 Å². The van der Waals surface area contributed by atoms with Crippen LogP contribution >= 0.6 is 12.2 Å². The summed E-state index contributed by atoms with van der Waals surface area (Å²) < 4.78 is 16.2. The summed E-state index contributed by atoms with van der Waals surface area (Å²) in [6.45, 7) is 4.38. The molecule has 23 heavy (non-hydrogen) atoms. The number of methoxy groups -OCH3 is 2. The molecule has 2 N–H and O–H groups in total. The monoisotopic (exact) mass is 335 g/mol. The Morgan fingerprint density at radius 3 is 2.87 bits per heavy atom. The minimum atomic E-state index is 0.103. The van der Waals surface area contributed by atoms with Crippen molar-refractivity contribution in [2.75, 3.05) is 20.8 Å². The zero-order chi connectivity index (χ0) is 16.8. The number of para-hydroxylation sites is 1. The Kier molecular flexibility index (Phi) is 5.95. The molecule has 0 aliphatic heterocycles. The van der Waals surface area contributed by atoms with Crippen molar-refractivity contribution in [2.24, 2.45) is 5.10 Å². The fraction of sp³-hybridized carbons (Fsp3) is 0.375. The third kappa shape index (κ3) is 4.43. The fourth-order valence-electron chi connectivity index (χ4n) is 2.11. The molecule has 1 aromatic carbocycles. The first-order valence-electron chi connectivity index (χ1n) is 7.21. The Hall–Kier alpha value is -2.12. The molecule has 0 spiro atoms. The summed E-state index contributed by atoms with van der Waals surface area (Å²) in [6.07, 6.45) is 0. The molecule has 2 aromatic rings. The third-order valence-electron chi connectivity index (χ3n) is 3.20. The van der Waals surface area contributed by atoms with Gasteiger partial charge in [0.25, 0.3) is 0 Å². The predicted octanol–water partition coefficient (Wildman–Crippen LogP) is 2.66. The summed E-state index contributed by atoms with van der Waals surface area (Å²) in [5.41, 5.74) is 4.19. The molecule has 0 saturated heterocycles. The van der Waals surface area contributed by atoms with Crippen LogP contribution < -0.4 is 15.5 Å². The molecular weight excluding hydrogens is 314 g/mol. The molecule has 1 aromatic heterocycles. The Morgan fingerprint density at radius 2 is 2.17 bits per heavy atom. The smallest absolute Gasteiger partial charge is 0.187 e. The second kappa shape index (κ2) is 7.94. The van der Waals surface area contributed by atoms with Gasteiger partial charge in [0.1, 0.15) is 5.71 Å². The average molecular weight is 335 g/mol. The lowest BCUT2D eigenvalue weighted by Gasteiger charge is -2.14. The van der Waals surface area contributed by atoms with Gasteiger partial charge in [0.2, 0.25) is 0 Å². The Labute approximate surface area is 140 Å². The summed E-state index contributed by atoms with van der Waals surface area (Å²) in [7, 11) is 3.26. The molecule has 0 bridgehead atoms. The van der Waals surface area contributed by atoms with Crippen LogP contribution in [0.1, 0.15) is 19.6 Å². The molecule has 2 rings (SSSR count). The fourth-order valence-corrected chi connectivity index (χ4v) is 2.36. The number of thiocarbonyl (C=S) groups is 1.